The molecule has 1 unspecified atom stereocenters. The normalized spacial score (nSPS) is 14.6. The van der Waals surface area contributed by atoms with Crippen molar-refractivity contribution < 1.29 is 14.3 Å². The summed E-state index contributed by atoms with van der Waals surface area (Å²) in [6, 6.07) is 21.3. The first-order chi connectivity index (χ1) is 18.4. The van der Waals surface area contributed by atoms with Gasteiger partial charge in [-0.05, 0) is 60.4 Å². The van der Waals surface area contributed by atoms with Crippen LogP contribution in [0.4, 0.5) is 5.69 Å². The SMILES string of the molecule is CCC(=O)N1CCc2ccc(OCc3nc(C(=O)Nc4cccc(Cl)c4)cs3)cc2C1c1ccc(C)cc1. The maximum atomic E-state index is 12.9. The molecule has 38 heavy (non-hydrogen) atoms. The Morgan fingerprint density at radius 1 is 1.13 bits per heavy atom. The highest BCUT2D eigenvalue weighted by molar-refractivity contribution is 7.09. The van der Waals surface area contributed by atoms with Gasteiger partial charge >= 0.3 is 0 Å². The molecule has 0 aliphatic carbocycles. The van der Waals surface area contributed by atoms with Crippen LogP contribution in [-0.4, -0.2) is 28.2 Å². The second-order valence-electron chi connectivity index (χ2n) is 9.24. The van der Waals surface area contributed by atoms with E-state index in [2.05, 4.69) is 47.6 Å². The summed E-state index contributed by atoms with van der Waals surface area (Å²) in [5, 5.41) is 5.76. The molecule has 4 aromatic rings. The first-order valence-electron chi connectivity index (χ1n) is 12.5. The van der Waals surface area contributed by atoms with Crippen LogP contribution in [0.25, 0.3) is 0 Å². The van der Waals surface area contributed by atoms with Gasteiger partial charge in [0.1, 0.15) is 23.1 Å². The van der Waals surface area contributed by atoms with Crippen LogP contribution in [0.1, 0.15) is 57.1 Å². The molecule has 0 saturated heterocycles. The summed E-state index contributed by atoms with van der Waals surface area (Å²) >= 11 is 7.37. The number of hydrogen-bond donors (Lipinski definition) is 1. The van der Waals surface area contributed by atoms with E-state index in [1.54, 1.807) is 29.6 Å². The van der Waals surface area contributed by atoms with Crippen LogP contribution in [0, 0.1) is 6.92 Å². The van der Waals surface area contributed by atoms with Crippen molar-refractivity contribution in [1.82, 2.24) is 9.88 Å². The van der Waals surface area contributed by atoms with Gasteiger partial charge in [0.05, 0.1) is 6.04 Å². The summed E-state index contributed by atoms with van der Waals surface area (Å²) in [5.74, 6) is 0.538. The minimum atomic E-state index is -0.301. The third-order valence-corrected chi connectivity index (χ3v) is 7.65. The Kier molecular flexibility index (Phi) is 7.77. The van der Waals surface area contributed by atoms with Crippen LogP contribution < -0.4 is 10.1 Å². The molecule has 0 radical (unpaired) electrons. The number of aromatic nitrogens is 1. The number of anilines is 1. The van der Waals surface area contributed by atoms with Gasteiger partial charge in [-0.2, -0.15) is 0 Å². The zero-order chi connectivity index (χ0) is 26.6. The summed E-state index contributed by atoms with van der Waals surface area (Å²) in [4.78, 5) is 31.9. The summed E-state index contributed by atoms with van der Waals surface area (Å²) in [5.41, 5.74) is 5.51. The van der Waals surface area contributed by atoms with Crippen molar-refractivity contribution in [2.24, 2.45) is 0 Å². The Balaban J connectivity index is 1.33. The fourth-order valence-electron chi connectivity index (χ4n) is 4.65. The predicted molar refractivity (Wildman–Crippen MR) is 151 cm³/mol. The fourth-order valence-corrected chi connectivity index (χ4v) is 5.53. The molecule has 0 bridgehead atoms. The van der Waals surface area contributed by atoms with Gasteiger partial charge in [0.25, 0.3) is 5.91 Å². The standard InChI is InChI=1S/C30H28ClN3O3S/c1-3-28(35)34-14-13-20-11-12-24(16-25(20)29(34)21-9-7-19(2)8-10-21)37-17-27-33-26(18-38-27)30(36)32-23-6-4-5-22(31)15-23/h4-12,15-16,18,29H,3,13-14,17H2,1-2H3,(H,32,36). The first-order valence-corrected chi connectivity index (χ1v) is 13.8. The lowest BCUT2D eigenvalue weighted by molar-refractivity contribution is -0.132. The minimum Gasteiger partial charge on any atom is -0.486 e. The Morgan fingerprint density at radius 2 is 1.95 bits per heavy atom. The molecule has 194 valence electrons. The van der Waals surface area contributed by atoms with Crippen LogP contribution in [0.3, 0.4) is 0 Å². The summed E-state index contributed by atoms with van der Waals surface area (Å²) < 4.78 is 6.11. The number of benzene rings is 3. The Bertz CT molecular complexity index is 1470. The smallest absolute Gasteiger partial charge is 0.275 e. The Morgan fingerprint density at radius 3 is 2.71 bits per heavy atom. The van der Waals surface area contributed by atoms with Gasteiger partial charge in [-0.25, -0.2) is 4.98 Å². The third-order valence-electron chi connectivity index (χ3n) is 6.59. The molecule has 3 aromatic carbocycles. The number of carbonyl (C=O) groups is 2. The number of thiazole rings is 1. The zero-order valence-corrected chi connectivity index (χ0v) is 22.8. The molecule has 0 spiro atoms. The molecule has 1 atom stereocenters. The van der Waals surface area contributed by atoms with E-state index < -0.39 is 0 Å². The second kappa shape index (κ2) is 11.4. The number of amides is 2. The van der Waals surface area contributed by atoms with Gasteiger partial charge in [-0.3, -0.25) is 9.59 Å². The lowest BCUT2D eigenvalue weighted by atomic mass is 9.87. The molecule has 2 heterocycles. The van der Waals surface area contributed by atoms with Crippen molar-refractivity contribution in [2.75, 3.05) is 11.9 Å². The monoisotopic (exact) mass is 545 g/mol. The van der Waals surface area contributed by atoms with E-state index in [0.717, 1.165) is 17.5 Å². The molecule has 5 rings (SSSR count). The Hall–Kier alpha value is -3.68. The molecule has 1 N–H and O–H groups in total. The molecule has 0 fully saturated rings. The third kappa shape index (κ3) is 5.74. The topological polar surface area (TPSA) is 71.5 Å². The average Bonchev–Trinajstić information content (AvgIpc) is 3.41. The maximum absolute atomic E-state index is 12.9. The summed E-state index contributed by atoms with van der Waals surface area (Å²) in [6.07, 6.45) is 1.27. The number of hydrogen-bond acceptors (Lipinski definition) is 5. The van der Waals surface area contributed by atoms with E-state index in [4.69, 9.17) is 16.3 Å². The van der Waals surface area contributed by atoms with Crippen LogP contribution in [0.15, 0.2) is 72.1 Å². The molecule has 2 amide bonds. The summed E-state index contributed by atoms with van der Waals surface area (Å²) in [7, 11) is 0. The van der Waals surface area contributed by atoms with Crippen molar-refractivity contribution in [3.05, 3.63) is 110 Å². The van der Waals surface area contributed by atoms with E-state index in [0.29, 0.717) is 40.1 Å². The molecule has 6 nitrogen and oxygen atoms in total. The van der Waals surface area contributed by atoms with Crippen molar-refractivity contribution >= 4 is 40.4 Å². The zero-order valence-electron chi connectivity index (χ0n) is 21.2. The van der Waals surface area contributed by atoms with Gasteiger partial charge in [0.15, 0.2) is 0 Å². The summed E-state index contributed by atoms with van der Waals surface area (Å²) in [6.45, 7) is 4.89. The molecule has 1 aliphatic rings. The number of rotatable bonds is 7. The number of halogens is 1. The second-order valence-corrected chi connectivity index (χ2v) is 10.6. The van der Waals surface area contributed by atoms with E-state index in [1.165, 1.54) is 22.5 Å². The number of fused-ring (bicyclic) bond motifs is 1. The fraction of sp³-hybridized carbons (Fsp3) is 0.233. The number of nitrogens with one attached hydrogen (secondary N) is 1. The van der Waals surface area contributed by atoms with Gasteiger partial charge in [-0.1, -0.05) is 60.5 Å². The number of nitrogens with zero attached hydrogens (tertiary/aromatic N) is 2. The average molecular weight is 546 g/mol. The number of carbonyl (C=O) groups excluding carboxylic acids is 2. The maximum Gasteiger partial charge on any atom is 0.275 e. The molecular formula is C30H28ClN3O3S. The highest BCUT2D eigenvalue weighted by atomic mass is 35.5. The molecule has 8 heteroatoms. The Labute approximate surface area is 231 Å². The molecule has 0 saturated carbocycles. The van der Waals surface area contributed by atoms with Crippen molar-refractivity contribution in [3.8, 4) is 5.75 Å². The van der Waals surface area contributed by atoms with Crippen LogP contribution in [-0.2, 0) is 17.8 Å². The van der Waals surface area contributed by atoms with Gasteiger partial charge in [0.2, 0.25) is 5.91 Å². The van der Waals surface area contributed by atoms with E-state index in [9.17, 15) is 9.59 Å². The lowest BCUT2D eigenvalue weighted by Crippen LogP contribution is -2.40. The van der Waals surface area contributed by atoms with Gasteiger partial charge < -0.3 is 15.0 Å². The molecule has 1 aromatic heterocycles. The highest BCUT2D eigenvalue weighted by Crippen LogP contribution is 2.37. The van der Waals surface area contributed by atoms with Crippen LogP contribution >= 0.6 is 22.9 Å². The van der Waals surface area contributed by atoms with E-state index >= 15 is 0 Å². The van der Waals surface area contributed by atoms with Crippen molar-refractivity contribution in [3.63, 3.8) is 0 Å². The first kappa shape index (κ1) is 25.9. The van der Waals surface area contributed by atoms with Crippen molar-refractivity contribution in [1.29, 1.82) is 0 Å². The lowest BCUT2D eigenvalue weighted by Gasteiger charge is -2.38. The molecular weight excluding hydrogens is 518 g/mol. The predicted octanol–water partition coefficient (Wildman–Crippen LogP) is 6.82. The quantitative estimate of drug-likeness (QED) is 0.276. The molecule has 1 aliphatic heterocycles. The van der Waals surface area contributed by atoms with E-state index in [1.807, 2.05) is 24.0 Å². The van der Waals surface area contributed by atoms with E-state index in [-0.39, 0.29) is 24.5 Å². The minimum absolute atomic E-state index is 0.138. The van der Waals surface area contributed by atoms with Crippen molar-refractivity contribution in [2.45, 2.75) is 39.3 Å². The highest BCUT2D eigenvalue weighted by Gasteiger charge is 2.31. The largest absolute Gasteiger partial charge is 0.486 e. The van der Waals surface area contributed by atoms with Crippen LogP contribution in [0.2, 0.25) is 5.02 Å². The number of aryl methyl sites for hydroxylation is 1. The van der Waals surface area contributed by atoms with Gasteiger partial charge in [-0.15, -0.1) is 11.3 Å². The number of ether oxygens (including phenoxy) is 1. The van der Waals surface area contributed by atoms with Crippen LogP contribution in [0.5, 0.6) is 5.75 Å². The van der Waals surface area contributed by atoms with Gasteiger partial charge in [0, 0.05) is 29.1 Å².